The molecule has 1 N–H and O–H groups in total. The van der Waals surface area contributed by atoms with E-state index in [-0.39, 0.29) is 0 Å². The van der Waals surface area contributed by atoms with E-state index in [1.165, 1.54) is 64.5 Å². The number of hydrogen-bond acceptors (Lipinski definition) is 3. The molecule has 3 nitrogen and oxygen atoms in total. The fourth-order valence-electron chi connectivity index (χ4n) is 5.24. The number of nitrogens with zero attached hydrogens (tertiary/aromatic N) is 2. The van der Waals surface area contributed by atoms with Gasteiger partial charge in [-0.05, 0) is 84.7 Å². The molecule has 3 atom stereocenters. The molecule has 4 fully saturated rings. The largest absolute Gasteiger partial charge is 0.360 e. The van der Waals surface area contributed by atoms with Crippen LogP contribution in [-0.4, -0.2) is 68.3 Å². The lowest BCUT2D eigenvalue weighted by molar-refractivity contribution is 0.0526. The summed E-state index contributed by atoms with van der Waals surface area (Å²) in [6, 6.07) is 0. The summed E-state index contributed by atoms with van der Waals surface area (Å²) in [7, 11) is 4.75. The zero-order valence-electron chi connectivity index (χ0n) is 18.3. The molecule has 3 unspecified atom stereocenters. The molecule has 4 rings (SSSR count). The van der Waals surface area contributed by atoms with E-state index >= 15 is 0 Å². The number of fused-ring (bicyclic) bond motifs is 2. The highest BCUT2D eigenvalue weighted by Gasteiger charge is 2.43. The lowest BCUT2D eigenvalue weighted by Crippen LogP contribution is -2.51. The van der Waals surface area contributed by atoms with Gasteiger partial charge in [0.2, 0.25) is 7.41 Å². The number of piperidine rings is 1. The van der Waals surface area contributed by atoms with Crippen LogP contribution in [0.4, 0.5) is 0 Å². The Morgan fingerprint density at radius 3 is 2.00 bits per heavy atom. The van der Waals surface area contributed by atoms with E-state index in [1.807, 2.05) is 0 Å². The van der Waals surface area contributed by atoms with Gasteiger partial charge in [0, 0.05) is 30.7 Å². The summed E-state index contributed by atoms with van der Waals surface area (Å²) in [4.78, 5) is 5.30. The van der Waals surface area contributed by atoms with Gasteiger partial charge in [-0.1, -0.05) is 19.0 Å². The molecule has 4 heterocycles. The minimum Gasteiger partial charge on any atom is -0.360 e. The van der Waals surface area contributed by atoms with Crippen LogP contribution >= 0.6 is 0 Å². The topological polar surface area (TPSA) is 18.5 Å². The van der Waals surface area contributed by atoms with Crippen molar-refractivity contribution in [1.82, 2.24) is 15.0 Å². The zero-order chi connectivity index (χ0) is 19.0. The van der Waals surface area contributed by atoms with E-state index < -0.39 is 0 Å². The predicted octanol–water partition coefficient (Wildman–Crippen LogP) is 3.40. The van der Waals surface area contributed by atoms with E-state index in [2.05, 4.69) is 71.3 Å². The quantitative estimate of drug-likeness (QED) is 0.671. The van der Waals surface area contributed by atoms with E-state index in [0.717, 1.165) is 11.8 Å². The van der Waals surface area contributed by atoms with E-state index in [9.17, 15) is 0 Å². The Balaban J connectivity index is 0.000000151. The van der Waals surface area contributed by atoms with Crippen LogP contribution in [0.2, 0.25) is 19.0 Å². The lowest BCUT2D eigenvalue weighted by Gasteiger charge is -2.47. The minimum absolute atomic E-state index is 0.353. The van der Waals surface area contributed by atoms with Gasteiger partial charge in [0.05, 0.1) is 0 Å². The maximum absolute atomic E-state index is 3.38. The van der Waals surface area contributed by atoms with Gasteiger partial charge in [-0.2, -0.15) is 0 Å². The van der Waals surface area contributed by atoms with Crippen LogP contribution in [-0.2, 0) is 0 Å². The summed E-state index contributed by atoms with van der Waals surface area (Å²) in [5.41, 5.74) is 1.31. The molecule has 0 aliphatic carbocycles. The fraction of sp³-hybridized carbons (Fsp3) is 1.00. The molecular formula is C21H41B2N3. The minimum atomic E-state index is 0.353. The molecule has 4 saturated heterocycles. The standard InChI is InChI=1S/C11H21BN.C10H20BN2/c1-11(2,3)13-7-9-4-10(8-13)6-12-5-9;1-9(2,3)13-5-4-10(8-13)6-11-12-7-10/h9-10H,4-8H2,1-3H3;12H,4-8H2,1-3H3. The maximum atomic E-state index is 3.38. The third-order valence-corrected chi connectivity index (χ3v) is 7.12. The van der Waals surface area contributed by atoms with Crippen molar-refractivity contribution >= 4 is 14.7 Å². The Morgan fingerprint density at radius 1 is 0.923 bits per heavy atom. The summed E-state index contributed by atoms with van der Waals surface area (Å²) in [5, 5.41) is 3.38. The molecule has 2 bridgehead atoms. The third kappa shape index (κ3) is 5.08. The molecule has 146 valence electrons. The molecule has 0 aromatic carbocycles. The van der Waals surface area contributed by atoms with Gasteiger partial charge in [-0.25, -0.2) is 0 Å². The number of rotatable bonds is 0. The molecule has 0 aromatic rings. The lowest BCUT2D eigenvalue weighted by atomic mass is 9.55. The van der Waals surface area contributed by atoms with Crippen molar-refractivity contribution in [2.75, 3.05) is 32.7 Å². The summed E-state index contributed by atoms with van der Waals surface area (Å²) < 4.78 is 0. The average Bonchev–Trinajstić information content (AvgIpc) is 3.17. The van der Waals surface area contributed by atoms with Gasteiger partial charge in [0.1, 0.15) is 7.28 Å². The Morgan fingerprint density at radius 2 is 1.54 bits per heavy atom. The highest BCUT2D eigenvalue weighted by Crippen LogP contribution is 2.39. The molecule has 0 aromatic heterocycles. The van der Waals surface area contributed by atoms with Crippen LogP contribution in [0.1, 0.15) is 54.4 Å². The number of hydrogen-bond donors (Lipinski definition) is 1. The third-order valence-electron chi connectivity index (χ3n) is 7.12. The smallest absolute Gasteiger partial charge is 0.205 e. The SMILES string of the molecule is CC(C)(C)N1CC2C[B]CC(C2)C1.CC(C)(C)N1CCC2(C[B]NC2)C1. The van der Waals surface area contributed by atoms with Crippen molar-refractivity contribution in [2.24, 2.45) is 17.3 Å². The van der Waals surface area contributed by atoms with E-state index in [0.29, 0.717) is 16.5 Å². The van der Waals surface area contributed by atoms with Crippen molar-refractivity contribution in [3.05, 3.63) is 0 Å². The summed E-state index contributed by atoms with van der Waals surface area (Å²) in [6.45, 7) is 20.4. The highest BCUT2D eigenvalue weighted by molar-refractivity contribution is 6.35. The second kappa shape index (κ2) is 7.79. The average molecular weight is 357 g/mol. The van der Waals surface area contributed by atoms with Gasteiger partial charge < -0.3 is 5.23 Å². The molecule has 5 heteroatoms. The normalized spacial score (nSPS) is 35.6. The zero-order valence-corrected chi connectivity index (χ0v) is 18.3. The van der Waals surface area contributed by atoms with Crippen LogP contribution in [0.5, 0.6) is 0 Å². The van der Waals surface area contributed by atoms with Gasteiger partial charge in [-0.15, -0.1) is 0 Å². The fourth-order valence-corrected chi connectivity index (χ4v) is 5.24. The molecular weight excluding hydrogens is 316 g/mol. The summed E-state index contributed by atoms with van der Waals surface area (Å²) in [6.07, 6.45) is 6.85. The van der Waals surface area contributed by atoms with Gasteiger partial charge in [0.25, 0.3) is 0 Å². The van der Waals surface area contributed by atoms with Crippen LogP contribution in [0.3, 0.4) is 0 Å². The van der Waals surface area contributed by atoms with Gasteiger partial charge >= 0.3 is 0 Å². The first-order valence-electron chi connectivity index (χ1n) is 10.9. The van der Waals surface area contributed by atoms with Gasteiger partial charge in [0.15, 0.2) is 0 Å². The molecule has 26 heavy (non-hydrogen) atoms. The monoisotopic (exact) mass is 357 g/mol. The highest BCUT2D eigenvalue weighted by atomic mass is 15.2. The molecule has 4 aliphatic heterocycles. The maximum Gasteiger partial charge on any atom is 0.205 e. The first kappa shape index (κ1) is 20.7. The molecule has 0 amide bonds. The van der Waals surface area contributed by atoms with Crippen LogP contribution in [0, 0.1) is 17.3 Å². The van der Waals surface area contributed by atoms with Crippen molar-refractivity contribution in [1.29, 1.82) is 0 Å². The van der Waals surface area contributed by atoms with E-state index in [4.69, 9.17) is 0 Å². The van der Waals surface area contributed by atoms with Gasteiger partial charge in [-0.3, -0.25) is 9.80 Å². The molecule has 4 aliphatic rings. The Labute approximate surface area is 164 Å². The van der Waals surface area contributed by atoms with Crippen molar-refractivity contribution in [2.45, 2.75) is 84.4 Å². The number of nitrogens with one attached hydrogen (secondary N) is 1. The summed E-state index contributed by atoms with van der Waals surface area (Å²) >= 11 is 0. The predicted molar refractivity (Wildman–Crippen MR) is 115 cm³/mol. The number of likely N-dealkylation sites (tertiary alicyclic amines) is 2. The Bertz CT molecular complexity index is 451. The molecule has 0 saturated carbocycles. The first-order valence-corrected chi connectivity index (χ1v) is 10.9. The molecule has 1 spiro atoms. The van der Waals surface area contributed by atoms with Crippen LogP contribution in [0.25, 0.3) is 0 Å². The summed E-state index contributed by atoms with van der Waals surface area (Å²) in [5.74, 6) is 1.93. The Hall–Kier alpha value is 0.00987. The second-order valence-corrected chi connectivity index (χ2v) is 11.4. The van der Waals surface area contributed by atoms with Crippen LogP contribution < -0.4 is 5.23 Å². The second-order valence-electron chi connectivity index (χ2n) is 11.4. The van der Waals surface area contributed by atoms with Crippen molar-refractivity contribution < 1.29 is 0 Å². The van der Waals surface area contributed by atoms with Crippen LogP contribution in [0.15, 0.2) is 0 Å². The Kier molecular flexibility index (Phi) is 6.22. The van der Waals surface area contributed by atoms with E-state index in [1.54, 1.807) is 0 Å². The molecule has 2 radical (unpaired) electrons. The van der Waals surface area contributed by atoms with Crippen molar-refractivity contribution in [3.63, 3.8) is 0 Å². The van der Waals surface area contributed by atoms with Crippen molar-refractivity contribution in [3.8, 4) is 0 Å². The first-order chi connectivity index (χ1) is 12.1.